The Kier molecular flexibility index (Phi) is 4.39. The molecule has 0 radical (unpaired) electrons. The van der Waals surface area contributed by atoms with E-state index in [1.165, 1.54) is 16.7 Å². The van der Waals surface area contributed by atoms with Gasteiger partial charge in [0.15, 0.2) is 0 Å². The maximum Gasteiger partial charge on any atom is 0.407 e. The molecular formula is C13H19N3O5S. The predicted molar refractivity (Wildman–Crippen MR) is 80.0 cm³/mol. The lowest BCUT2D eigenvalue weighted by molar-refractivity contribution is -0.147. The highest BCUT2D eigenvalue weighted by molar-refractivity contribution is 8.00. The first-order chi connectivity index (χ1) is 10.1. The predicted octanol–water partition coefficient (Wildman–Crippen LogP) is 0.0922. The number of nitrogens with one attached hydrogen (secondary N) is 1. The van der Waals surface area contributed by atoms with Gasteiger partial charge in [-0.3, -0.25) is 9.69 Å². The molecule has 0 aromatic carbocycles. The fourth-order valence-electron chi connectivity index (χ4n) is 2.21. The zero-order valence-corrected chi connectivity index (χ0v) is 13.4. The van der Waals surface area contributed by atoms with Gasteiger partial charge in [-0.15, -0.1) is 11.8 Å². The summed E-state index contributed by atoms with van der Waals surface area (Å²) in [6.45, 7) is 5.20. The number of ether oxygens (including phenoxy) is 1. The highest BCUT2D eigenvalue weighted by atomic mass is 32.2. The van der Waals surface area contributed by atoms with Gasteiger partial charge >= 0.3 is 12.1 Å². The highest BCUT2D eigenvalue weighted by Gasteiger charge is 2.51. The summed E-state index contributed by atoms with van der Waals surface area (Å²) in [5, 5.41) is 11.5. The van der Waals surface area contributed by atoms with Gasteiger partial charge in [-0.1, -0.05) is 0 Å². The van der Waals surface area contributed by atoms with E-state index >= 15 is 0 Å². The molecule has 9 heteroatoms. The average Bonchev–Trinajstić information content (AvgIpc) is 2.41. The van der Waals surface area contributed by atoms with Crippen LogP contribution in [0.15, 0.2) is 11.3 Å². The number of carbonyl (C=O) groups is 3. The Morgan fingerprint density at radius 2 is 2.14 bits per heavy atom. The molecule has 0 bridgehead atoms. The molecule has 0 saturated carbocycles. The van der Waals surface area contributed by atoms with Crippen molar-refractivity contribution in [2.24, 2.45) is 5.73 Å². The van der Waals surface area contributed by atoms with Gasteiger partial charge in [0.25, 0.3) is 0 Å². The van der Waals surface area contributed by atoms with Gasteiger partial charge < -0.3 is 20.9 Å². The number of aliphatic carboxylic acids is 1. The van der Waals surface area contributed by atoms with Crippen LogP contribution in [0.25, 0.3) is 0 Å². The Hall–Kier alpha value is -1.74. The smallest absolute Gasteiger partial charge is 0.407 e. The third kappa shape index (κ3) is 3.20. The lowest BCUT2D eigenvalue weighted by atomic mass is 10.0. The molecule has 0 aromatic rings. The first-order valence-corrected chi connectivity index (χ1v) is 7.79. The molecular weight excluding hydrogens is 310 g/mol. The zero-order chi connectivity index (χ0) is 16.7. The third-order valence-electron chi connectivity index (χ3n) is 3.14. The Labute approximate surface area is 132 Å². The minimum Gasteiger partial charge on any atom is -0.477 e. The van der Waals surface area contributed by atoms with Crippen LogP contribution in [0.4, 0.5) is 4.79 Å². The second-order valence-corrected chi connectivity index (χ2v) is 7.15. The van der Waals surface area contributed by atoms with Gasteiger partial charge in [0.1, 0.15) is 22.7 Å². The third-order valence-corrected chi connectivity index (χ3v) is 4.50. The van der Waals surface area contributed by atoms with Crippen LogP contribution in [0, 0.1) is 0 Å². The van der Waals surface area contributed by atoms with Crippen molar-refractivity contribution in [1.29, 1.82) is 0 Å². The van der Waals surface area contributed by atoms with Crippen LogP contribution in [0.3, 0.4) is 0 Å². The second-order valence-electron chi connectivity index (χ2n) is 6.05. The summed E-state index contributed by atoms with van der Waals surface area (Å²) in [5.74, 6) is -1.23. The van der Waals surface area contributed by atoms with Crippen molar-refractivity contribution < 1.29 is 24.2 Å². The summed E-state index contributed by atoms with van der Waals surface area (Å²) in [4.78, 5) is 36.0. The van der Waals surface area contributed by atoms with Gasteiger partial charge in [0.2, 0.25) is 5.91 Å². The van der Waals surface area contributed by atoms with Crippen molar-refractivity contribution in [1.82, 2.24) is 10.2 Å². The molecule has 8 nitrogen and oxygen atoms in total. The highest BCUT2D eigenvalue weighted by Crippen LogP contribution is 2.39. The number of fused-ring (bicyclic) bond motifs is 1. The molecule has 1 fully saturated rings. The molecule has 2 rings (SSSR count). The quantitative estimate of drug-likeness (QED) is 0.627. The second kappa shape index (κ2) is 5.81. The standard InChI is InChI=1S/C13H19N3O5S/c1-13(2,3)21-12(20)15-4-6-5-22-10-7(14)9(17)16(10)8(6)11(18)19/h7,10H,4-5,14H2,1-3H3,(H,15,20)(H,18,19)/t7?,10-/m0/s1. The topological polar surface area (TPSA) is 122 Å². The largest absolute Gasteiger partial charge is 0.477 e. The van der Waals surface area contributed by atoms with Crippen LogP contribution in [0.1, 0.15) is 20.8 Å². The van der Waals surface area contributed by atoms with Crippen molar-refractivity contribution >= 4 is 29.7 Å². The number of thioether (sulfide) groups is 1. The molecule has 2 amide bonds. The molecule has 0 aromatic heterocycles. The van der Waals surface area contributed by atoms with Crippen molar-refractivity contribution in [2.75, 3.05) is 12.3 Å². The van der Waals surface area contributed by atoms with E-state index in [0.717, 1.165) is 0 Å². The SMILES string of the molecule is CC(C)(C)OC(=O)NCC1=C(C(=O)O)N2C(=O)C(N)[C@@H]2SC1. The van der Waals surface area contributed by atoms with Gasteiger partial charge in [0.05, 0.1) is 0 Å². The van der Waals surface area contributed by atoms with Crippen LogP contribution in [-0.2, 0) is 14.3 Å². The van der Waals surface area contributed by atoms with Gasteiger partial charge in [0, 0.05) is 12.3 Å². The number of carboxylic acid groups (broad SMARTS) is 1. The first-order valence-electron chi connectivity index (χ1n) is 6.74. The number of carboxylic acids is 1. The Morgan fingerprint density at radius 3 is 2.68 bits per heavy atom. The lowest BCUT2D eigenvalue weighted by Crippen LogP contribution is -2.68. The van der Waals surface area contributed by atoms with E-state index in [9.17, 15) is 19.5 Å². The van der Waals surface area contributed by atoms with Crippen LogP contribution in [-0.4, -0.2) is 57.3 Å². The molecule has 122 valence electrons. The molecule has 1 unspecified atom stereocenters. The Balaban J connectivity index is 2.09. The van der Waals surface area contributed by atoms with E-state index in [2.05, 4.69) is 5.32 Å². The molecule has 2 aliphatic heterocycles. The van der Waals surface area contributed by atoms with E-state index < -0.39 is 29.6 Å². The number of β-lactam (4-membered cyclic amide) rings is 1. The van der Waals surface area contributed by atoms with E-state index in [1.807, 2.05) is 0 Å². The molecule has 0 aliphatic carbocycles. The normalized spacial score (nSPS) is 24.5. The van der Waals surface area contributed by atoms with E-state index in [4.69, 9.17) is 10.5 Å². The summed E-state index contributed by atoms with van der Waals surface area (Å²) in [6.07, 6.45) is -0.636. The number of nitrogens with zero attached hydrogens (tertiary/aromatic N) is 1. The first kappa shape index (κ1) is 16.6. The summed E-state index contributed by atoms with van der Waals surface area (Å²) < 4.78 is 5.10. The summed E-state index contributed by atoms with van der Waals surface area (Å²) in [7, 11) is 0. The zero-order valence-electron chi connectivity index (χ0n) is 12.6. The van der Waals surface area contributed by atoms with E-state index in [1.54, 1.807) is 20.8 Å². The van der Waals surface area contributed by atoms with Gasteiger partial charge in [-0.05, 0) is 26.3 Å². The molecule has 2 heterocycles. The van der Waals surface area contributed by atoms with Crippen molar-refractivity contribution in [2.45, 2.75) is 37.8 Å². The van der Waals surface area contributed by atoms with Gasteiger partial charge in [-0.25, -0.2) is 9.59 Å². The summed E-state index contributed by atoms with van der Waals surface area (Å²) >= 11 is 1.39. The molecule has 22 heavy (non-hydrogen) atoms. The number of carbonyl (C=O) groups excluding carboxylic acids is 2. The van der Waals surface area contributed by atoms with Crippen LogP contribution in [0.2, 0.25) is 0 Å². The van der Waals surface area contributed by atoms with Crippen molar-refractivity contribution in [3.8, 4) is 0 Å². The average molecular weight is 329 g/mol. The number of alkyl carbamates (subject to hydrolysis) is 1. The number of rotatable bonds is 3. The monoisotopic (exact) mass is 329 g/mol. The fourth-order valence-corrected chi connectivity index (χ4v) is 3.50. The van der Waals surface area contributed by atoms with Gasteiger partial charge in [-0.2, -0.15) is 0 Å². The lowest BCUT2D eigenvalue weighted by Gasteiger charge is -2.48. The van der Waals surface area contributed by atoms with Crippen LogP contribution < -0.4 is 11.1 Å². The number of nitrogens with two attached hydrogens (primary N) is 1. The van der Waals surface area contributed by atoms with Crippen LogP contribution >= 0.6 is 11.8 Å². The summed E-state index contributed by atoms with van der Waals surface area (Å²) in [5.41, 5.74) is 5.39. The van der Waals surface area contributed by atoms with Crippen molar-refractivity contribution in [3.05, 3.63) is 11.3 Å². The van der Waals surface area contributed by atoms with Crippen LogP contribution in [0.5, 0.6) is 0 Å². The molecule has 4 N–H and O–H groups in total. The molecule has 2 aliphatic rings. The van der Waals surface area contributed by atoms with E-state index in [0.29, 0.717) is 11.3 Å². The maximum absolute atomic E-state index is 11.8. The van der Waals surface area contributed by atoms with Crippen molar-refractivity contribution in [3.63, 3.8) is 0 Å². The minimum absolute atomic E-state index is 0.00921. The number of amides is 2. The minimum atomic E-state index is -1.20. The maximum atomic E-state index is 11.8. The fraction of sp³-hybridized carbons (Fsp3) is 0.615. The van der Waals surface area contributed by atoms with E-state index in [-0.39, 0.29) is 17.6 Å². The Bertz CT molecular complexity index is 554. The molecule has 0 spiro atoms. The molecule has 2 atom stereocenters. The summed E-state index contributed by atoms with van der Waals surface area (Å²) in [6, 6.07) is -0.667. The Morgan fingerprint density at radius 1 is 1.50 bits per heavy atom. The molecule has 1 saturated heterocycles. The number of hydrogen-bond donors (Lipinski definition) is 3. The number of hydrogen-bond acceptors (Lipinski definition) is 6.